The summed E-state index contributed by atoms with van der Waals surface area (Å²) in [6, 6.07) is 20.8. The molecule has 32 heavy (non-hydrogen) atoms. The lowest BCUT2D eigenvalue weighted by atomic mass is 10.0. The second-order valence-corrected chi connectivity index (χ2v) is 7.73. The molecule has 0 saturated heterocycles. The maximum absolute atomic E-state index is 12.3. The number of hydrogen-bond donors (Lipinski definition) is 1. The van der Waals surface area contributed by atoms with E-state index < -0.39 is 5.97 Å². The summed E-state index contributed by atoms with van der Waals surface area (Å²) in [5.41, 5.74) is 4.50. The topological polar surface area (TPSA) is 76.7 Å². The monoisotopic (exact) mass is 423 g/mol. The van der Waals surface area contributed by atoms with Crippen LogP contribution in [0.2, 0.25) is 0 Å². The molecule has 2 aromatic carbocycles. The van der Waals surface area contributed by atoms with E-state index in [1.807, 2.05) is 91.3 Å². The Labute approximate surface area is 184 Å². The predicted molar refractivity (Wildman–Crippen MR) is 123 cm³/mol. The fourth-order valence-corrected chi connectivity index (χ4v) is 3.88. The minimum atomic E-state index is -1.04. The number of carbonyl (C=O) groups is 1. The molecule has 0 aliphatic rings. The number of hydrogen-bond acceptors (Lipinski definition) is 4. The number of pyridine rings is 2. The van der Waals surface area contributed by atoms with Crippen molar-refractivity contribution in [3.8, 4) is 17.1 Å². The standard InChI is InChI=1S/C26H21N3O3/c1-16-11-12-22(32-17(2)18-8-4-3-5-9-18)24-19(26(30)31)14-20(28-25(16)24)21-15-29-13-7-6-10-23(29)27-21/h3-15,17H,1-2H3,(H,30,31)/t17-/m0/s1. The summed E-state index contributed by atoms with van der Waals surface area (Å²) in [6.45, 7) is 3.86. The number of nitrogens with zero attached hydrogens (tertiary/aromatic N) is 3. The average Bonchev–Trinajstić information content (AvgIpc) is 3.25. The molecule has 0 bridgehead atoms. The zero-order valence-electron chi connectivity index (χ0n) is 17.7. The molecule has 6 nitrogen and oxygen atoms in total. The number of carboxylic acids is 1. The van der Waals surface area contributed by atoms with E-state index in [-0.39, 0.29) is 11.7 Å². The van der Waals surface area contributed by atoms with Crippen molar-refractivity contribution in [3.63, 3.8) is 0 Å². The third kappa shape index (κ3) is 3.46. The van der Waals surface area contributed by atoms with Crippen LogP contribution in [0.25, 0.3) is 27.9 Å². The van der Waals surface area contributed by atoms with Crippen LogP contribution in [0.3, 0.4) is 0 Å². The number of fused-ring (bicyclic) bond motifs is 2. The zero-order valence-corrected chi connectivity index (χ0v) is 17.7. The Morgan fingerprint density at radius 1 is 1.00 bits per heavy atom. The van der Waals surface area contributed by atoms with Gasteiger partial charge in [0.2, 0.25) is 0 Å². The van der Waals surface area contributed by atoms with Crippen molar-refractivity contribution in [2.75, 3.05) is 0 Å². The Morgan fingerprint density at radius 2 is 1.78 bits per heavy atom. The van der Waals surface area contributed by atoms with Crippen LogP contribution in [0, 0.1) is 6.92 Å². The van der Waals surface area contributed by atoms with Gasteiger partial charge in [-0.15, -0.1) is 0 Å². The van der Waals surface area contributed by atoms with Crippen LogP contribution in [-0.2, 0) is 0 Å². The highest BCUT2D eigenvalue weighted by Crippen LogP contribution is 2.35. The van der Waals surface area contributed by atoms with Crippen molar-refractivity contribution in [1.82, 2.24) is 14.4 Å². The first-order valence-corrected chi connectivity index (χ1v) is 10.3. The quantitative estimate of drug-likeness (QED) is 0.393. The number of ether oxygens (including phenoxy) is 1. The molecule has 0 aliphatic carbocycles. The molecule has 0 radical (unpaired) electrons. The Morgan fingerprint density at radius 3 is 2.53 bits per heavy atom. The van der Waals surface area contributed by atoms with Gasteiger partial charge in [-0.05, 0) is 49.2 Å². The van der Waals surface area contributed by atoms with E-state index in [1.165, 1.54) is 0 Å². The summed E-state index contributed by atoms with van der Waals surface area (Å²) >= 11 is 0. The number of benzene rings is 2. The molecular formula is C26H21N3O3. The van der Waals surface area contributed by atoms with Gasteiger partial charge < -0.3 is 14.2 Å². The molecular weight excluding hydrogens is 402 g/mol. The third-order valence-corrected chi connectivity index (χ3v) is 5.55. The van der Waals surface area contributed by atoms with Gasteiger partial charge in [0.1, 0.15) is 23.2 Å². The lowest BCUT2D eigenvalue weighted by Crippen LogP contribution is -2.07. The fraction of sp³-hybridized carbons (Fsp3) is 0.115. The molecule has 0 amide bonds. The predicted octanol–water partition coefficient (Wildman–Crippen LogP) is 5.70. The summed E-state index contributed by atoms with van der Waals surface area (Å²) in [6.07, 6.45) is 3.50. The first-order chi connectivity index (χ1) is 15.5. The Hall–Kier alpha value is -4.19. The number of aromatic carboxylic acids is 1. The molecule has 6 heteroatoms. The highest BCUT2D eigenvalue weighted by atomic mass is 16.5. The lowest BCUT2D eigenvalue weighted by molar-refractivity contribution is 0.0698. The van der Waals surface area contributed by atoms with Crippen LogP contribution >= 0.6 is 0 Å². The largest absolute Gasteiger partial charge is 0.485 e. The summed E-state index contributed by atoms with van der Waals surface area (Å²) in [5, 5.41) is 10.5. The van der Waals surface area contributed by atoms with E-state index in [9.17, 15) is 9.90 Å². The van der Waals surface area contributed by atoms with Gasteiger partial charge >= 0.3 is 5.97 Å². The third-order valence-electron chi connectivity index (χ3n) is 5.55. The van der Waals surface area contributed by atoms with Gasteiger partial charge in [0.15, 0.2) is 0 Å². The second-order valence-electron chi connectivity index (χ2n) is 7.73. The van der Waals surface area contributed by atoms with Crippen molar-refractivity contribution in [1.29, 1.82) is 0 Å². The minimum absolute atomic E-state index is 0.140. The number of rotatable bonds is 5. The summed E-state index contributed by atoms with van der Waals surface area (Å²) in [7, 11) is 0. The Bertz CT molecular complexity index is 1420. The molecule has 0 saturated carbocycles. The number of aromatic nitrogens is 3. The van der Waals surface area contributed by atoms with E-state index in [1.54, 1.807) is 6.07 Å². The molecule has 3 heterocycles. The molecule has 0 fully saturated rings. The maximum atomic E-state index is 12.3. The lowest BCUT2D eigenvalue weighted by Gasteiger charge is -2.18. The highest BCUT2D eigenvalue weighted by Gasteiger charge is 2.21. The van der Waals surface area contributed by atoms with Crippen molar-refractivity contribution >= 4 is 22.5 Å². The molecule has 5 aromatic rings. The Kier molecular flexibility index (Phi) is 4.82. The van der Waals surface area contributed by atoms with E-state index in [0.29, 0.717) is 28.0 Å². The smallest absolute Gasteiger partial charge is 0.336 e. The van der Waals surface area contributed by atoms with Crippen LogP contribution in [0.1, 0.15) is 34.5 Å². The van der Waals surface area contributed by atoms with Crippen LogP contribution in [0.4, 0.5) is 0 Å². The highest BCUT2D eigenvalue weighted by molar-refractivity contribution is 6.07. The van der Waals surface area contributed by atoms with Crippen molar-refractivity contribution in [3.05, 3.63) is 95.8 Å². The van der Waals surface area contributed by atoms with Crippen LogP contribution in [-0.4, -0.2) is 25.4 Å². The average molecular weight is 423 g/mol. The number of aryl methyl sites for hydroxylation is 1. The number of imidazole rings is 1. The Balaban J connectivity index is 1.67. The van der Waals surface area contributed by atoms with Crippen LogP contribution < -0.4 is 4.74 Å². The minimum Gasteiger partial charge on any atom is -0.485 e. The van der Waals surface area contributed by atoms with E-state index in [4.69, 9.17) is 9.72 Å². The van der Waals surface area contributed by atoms with E-state index >= 15 is 0 Å². The van der Waals surface area contributed by atoms with Gasteiger partial charge in [-0.1, -0.05) is 42.5 Å². The van der Waals surface area contributed by atoms with Gasteiger partial charge in [0, 0.05) is 12.4 Å². The van der Waals surface area contributed by atoms with Crippen LogP contribution in [0.5, 0.6) is 5.75 Å². The normalized spacial score (nSPS) is 12.2. The molecule has 0 aliphatic heterocycles. The van der Waals surface area contributed by atoms with Crippen molar-refractivity contribution in [2.24, 2.45) is 0 Å². The van der Waals surface area contributed by atoms with E-state index in [2.05, 4.69) is 4.98 Å². The first-order valence-electron chi connectivity index (χ1n) is 10.3. The molecule has 1 atom stereocenters. The summed E-state index contributed by atoms with van der Waals surface area (Å²) in [4.78, 5) is 21.7. The molecule has 3 aromatic heterocycles. The molecule has 1 N–H and O–H groups in total. The number of carboxylic acid groups (broad SMARTS) is 1. The maximum Gasteiger partial charge on any atom is 0.336 e. The van der Waals surface area contributed by atoms with Crippen molar-refractivity contribution in [2.45, 2.75) is 20.0 Å². The molecule has 158 valence electrons. The van der Waals surface area contributed by atoms with Gasteiger partial charge in [0.25, 0.3) is 0 Å². The van der Waals surface area contributed by atoms with Gasteiger partial charge in [-0.25, -0.2) is 14.8 Å². The zero-order chi connectivity index (χ0) is 22.2. The van der Waals surface area contributed by atoms with Gasteiger partial charge in [0.05, 0.1) is 22.2 Å². The molecule has 5 rings (SSSR count). The summed E-state index contributed by atoms with van der Waals surface area (Å²) in [5.74, 6) is -0.543. The van der Waals surface area contributed by atoms with Crippen molar-refractivity contribution < 1.29 is 14.6 Å². The van der Waals surface area contributed by atoms with Crippen LogP contribution in [0.15, 0.2) is 79.1 Å². The van der Waals surface area contributed by atoms with Gasteiger partial charge in [-0.2, -0.15) is 0 Å². The fourth-order valence-electron chi connectivity index (χ4n) is 3.88. The SMILES string of the molecule is Cc1ccc(O[C@@H](C)c2ccccc2)c2c(C(=O)O)cc(-c3cn4ccccc4n3)nc12. The second kappa shape index (κ2) is 7.81. The summed E-state index contributed by atoms with van der Waals surface area (Å²) < 4.78 is 8.11. The molecule has 0 spiro atoms. The first kappa shape index (κ1) is 19.8. The van der Waals surface area contributed by atoms with Gasteiger partial charge in [-0.3, -0.25) is 0 Å². The molecule has 0 unspecified atom stereocenters. The van der Waals surface area contributed by atoms with E-state index in [0.717, 1.165) is 16.8 Å².